The summed E-state index contributed by atoms with van der Waals surface area (Å²) < 4.78 is 16.6. The van der Waals surface area contributed by atoms with Gasteiger partial charge in [-0.05, 0) is 96.3 Å². The van der Waals surface area contributed by atoms with Crippen LogP contribution in [0, 0.1) is 0 Å². The molecule has 0 saturated heterocycles. The summed E-state index contributed by atoms with van der Waals surface area (Å²) in [6, 6.07) is 0. The van der Waals surface area contributed by atoms with Crippen LogP contribution < -0.4 is 0 Å². The van der Waals surface area contributed by atoms with Crippen LogP contribution in [-0.2, 0) is 28.6 Å². The highest BCUT2D eigenvalue weighted by atomic mass is 16.6. The first-order valence-electron chi connectivity index (χ1n) is 27.0. The summed E-state index contributed by atoms with van der Waals surface area (Å²) >= 11 is 0. The number of carbonyl (C=O) groups excluding carboxylic acids is 3. The van der Waals surface area contributed by atoms with Crippen molar-refractivity contribution in [2.24, 2.45) is 0 Å². The molecule has 1 unspecified atom stereocenters. The fourth-order valence-corrected chi connectivity index (χ4v) is 6.94. The Bertz CT molecular complexity index is 1440. The molecule has 0 rings (SSSR count). The van der Waals surface area contributed by atoms with Crippen LogP contribution in [0.25, 0.3) is 0 Å². The van der Waals surface area contributed by atoms with Gasteiger partial charge < -0.3 is 14.2 Å². The van der Waals surface area contributed by atoms with Gasteiger partial charge in [-0.2, -0.15) is 0 Å². The van der Waals surface area contributed by atoms with Gasteiger partial charge in [0.15, 0.2) is 6.10 Å². The highest BCUT2D eigenvalue weighted by Crippen LogP contribution is 2.13. The normalized spacial score (nSPS) is 13.1. The summed E-state index contributed by atoms with van der Waals surface area (Å²) in [5.74, 6) is -0.938. The van der Waals surface area contributed by atoms with E-state index in [0.717, 1.165) is 141 Å². The second-order valence-electron chi connectivity index (χ2n) is 17.4. The summed E-state index contributed by atoms with van der Waals surface area (Å²) in [7, 11) is 0. The molecule has 378 valence electrons. The lowest BCUT2D eigenvalue weighted by Gasteiger charge is -2.18. The first-order valence-corrected chi connectivity index (χ1v) is 27.0. The van der Waals surface area contributed by atoms with E-state index in [1.165, 1.54) is 44.9 Å². The number of allylic oxidation sites excluding steroid dienone is 20. The quantitative estimate of drug-likeness (QED) is 0.0262. The van der Waals surface area contributed by atoms with Crippen LogP contribution in [0.2, 0.25) is 0 Å². The minimum atomic E-state index is -0.782. The Balaban J connectivity index is 4.07. The fourth-order valence-electron chi connectivity index (χ4n) is 6.94. The van der Waals surface area contributed by atoms with Crippen molar-refractivity contribution in [2.45, 2.75) is 232 Å². The molecule has 0 spiro atoms. The van der Waals surface area contributed by atoms with Crippen LogP contribution in [0.15, 0.2) is 122 Å². The second-order valence-corrected chi connectivity index (χ2v) is 17.4. The molecule has 0 fully saturated rings. The lowest BCUT2D eigenvalue weighted by molar-refractivity contribution is -0.167. The fraction of sp³-hybridized carbons (Fsp3) is 0.623. The number of hydrogen-bond donors (Lipinski definition) is 0. The summed E-state index contributed by atoms with van der Waals surface area (Å²) in [5.41, 5.74) is 0. The molecule has 0 heterocycles. The standard InChI is InChI=1S/C61H98O6/c1-4-7-10-13-15-17-18-19-20-21-22-23-24-25-26-27-28-29-30-31-32-33-34-35-36-37-38-39-40-41-42-44-45-48-51-54-60(63)66-57-58(56-65-59(62)53-50-47-12-9-6-3)67-61(64)55-52-49-46-43-16-14-11-8-5-2/h7,10,15,17,19-20,22-23,25-26,28-29,31-32,34-35,37-38,40-41,58H,4-6,8-9,11-14,16,18,21,24,27,30,33,36,39,42-57H2,1-3H3/b10-7-,17-15-,20-19-,23-22-,26-25-,29-28-,32-31-,35-34-,38-37-,41-40-. The molecule has 0 aliphatic carbocycles. The van der Waals surface area contributed by atoms with Gasteiger partial charge in [0.25, 0.3) is 0 Å². The summed E-state index contributed by atoms with van der Waals surface area (Å²) in [4.78, 5) is 37.5. The Morgan fingerprint density at radius 1 is 0.313 bits per heavy atom. The van der Waals surface area contributed by atoms with E-state index in [1.54, 1.807) is 0 Å². The first kappa shape index (κ1) is 62.8. The van der Waals surface area contributed by atoms with Crippen LogP contribution in [0.5, 0.6) is 0 Å². The van der Waals surface area contributed by atoms with Gasteiger partial charge in [-0.1, -0.05) is 232 Å². The molecule has 0 bridgehead atoms. The van der Waals surface area contributed by atoms with Crippen molar-refractivity contribution < 1.29 is 28.6 Å². The summed E-state index contributed by atoms with van der Waals surface area (Å²) in [6.07, 6.45) is 75.3. The number of rotatable bonds is 47. The van der Waals surface area contributed by atoms with Crippen molar-refractivity contribution in [2.75, 3.05) is 13.2 Å². The van der Waals surface area contributed by atoms with Crippen LogP contribution in [-0.4, -0.2) is 37.2 Å². The van der Waals surface area contributed by atoms with Crippen LogP contribution in [0.1, 0.15) is 226 Å². The van der Waals surface area contributed by atoms with Crippen molar-refractivity contribution in [3.8, 4) is 0 Å². The largest absolute Gasteiger partial charge is 0.462 e. The van der Waals surface area contributed by atoms with Crippen molar-refractivity contribution in [1.29, 1.82) is 0 Å². The van der Waals surface area contributed by atoms with Gasteiger partial charge in [-0.15, -0.1) is 0 Å². The highest BCUT2D eigenvalue weighted by Gasteiger charge is 2.19. The maximum atomic E-state index is 12.6. The van der Waals surface area contributed by atoms with E-state index in [4.69, 9.17) is 14.2 Å². The number of unbranched alkanes of at least 4 members (excludes halogenated alkanes) is 16. The SMILES string of the molecule is CC/C=C\C/C=C\C/C=C\C/C=C\C/C=C\C/C=C\C/C=C\C/C=C\C/C=C\C/C=C\CCCCCCC(=O)OCC(COC(=O)CCCCCCC)OC(=O)CCCCCCCCCCC. The summed E-state index contributed by atoms with van der Waals surface area (Å²) in [5, 5.41) is 0. The Morgan fingerprint density at radius 2 is 0.582 bits per heavy atom. The maximum Gasteiger partial charge on any atom is 0.306 e. The Hall–Kier alpha value is -4.19. The minimum Gasteiger partial charge on any atom is -0.462 e. The van der Waals surface area contributed by atoms with Gasteiger partial charge in [-0.25, -0.2) is 0 Å². The zero-order chi connectivity index (χ0) is 48.6. The summed E-state index contributed by atoms with van der Waals surface area (Å²) in [6.45, 7) is 6.37. The van der Waals surface area contributed by atoms with E-state index in [0.29, 0.717) is 19.3 Å². The molecule has 0 aromatic carbocycles. The lowest BCUT2D eigenvalue weighted by atomic mass is 10.1. The van der Waals surface area contributed by atoms with Crippen molar-refractivity contribution in [3.05, 3.63) is 122 Å². The molecule has 0 aliphatic heterocycles. The zero-order valence-corrected chi connectivity index (χ0v) is 43.1. The molecule has 0 aromatic rings. The predicted molar refractivity (Wildman–Crippen MR) is 288 cm³/mol. The molecule has 0 amide bonds. The third-order valence-electron chi connectivity index (χ3n) is 11.0. The first-order chi connectivity index (χ1) is 33.0. The van der Waals surface area contributed by atoms with E-state index >= 15 is 0 Å². The Kier molecular flexibility index (Phi) is 51.0. The van der Waals surface area contributed by atoms with Gasteiger partial charge in [0.2, 0.25) is 0 Å². The highest BCUT2D eigenvalue weighted by molar-refractivity contribution is 5.71. The molecule has 6 nitrogen and oxygen atoms in total. The molecule has 67 heavy (non-hydrogen) atoms. The van der Waals surface area contributed by atoms with Crippen LogP contribution in [0.3, 0.4) is 0 Å². The second kappa shape index (κ2) is 54.4. The number of hydrogen-bond acceptors (Lipinski definition) is 6. The minimum absolute atomic E-state index is 0.0872. The van der Waals surface area contributed by atoms with E-state index in [-0.39, 0.29) is 31.1 Å². The number of ether oxygens (including phenoxy) is 3. The molecule has 0 N–H and O–H groups in total. The van der Waals surface area contributed by atoms with Gasteiger partial charge in [-0.3, -0.25) is 14.4 Å². The molecular formula is C61H98O6. The molecule has 0 radical (unpaired) electrons. The van der Waals surface area contributed by atoms with E-state index in [9.17, 15) is 14.4 Å². The molecule has 0 aliphatic rings. The molecular weight excluding hydrogens is 829 g/mol. The Labute approximate surface area is 412 Å². The van der Waals surface area contributed by atoms with E-state index in [1.807, 2.05) is 0 Å². The molecule has 6 heteroatoms. The third kappa shape index (κ3) is 52.6. The lowest BCUT2D eigenvalue weighted by Crippen LogP contribution is -2.30. The van der Waals surface area contributed by atoms with E-state index in [2.05, 4.69) is 142 Å². The van der Waals surface area contributed by atoms with Crippen molar-refractivity contribution >= 4 is 17.9 Å². The Morgan fingerprint density at radius 3 is 0.910 bits per heavy atom. The van der Waals surface area contributed by atoms with Crippen LogP contribution in [0.4, 0.5) is 0 Å². The van der Waals surface area contributed by atoms with Gasteiger partial charge in [0, 0.05) is 19.3 Å². The number of carbonyl (C=O) groups is 3. The van der Waals surface area contributed by atoms with Gasteiger partial charge in [0.1, 0.15) is 13.2 Å². The van der Waals surface area contributed by atoms with Crippen molar-refractivity contribution in [3.63, 3.8) is 0 Å². The molecule has 0 aromatic heterocycles. The zero-order valence-electron chi connectivity index (χ0n) is 43.1. The monoisotopic (exact) mass is 927 g/mol. The third-order valence-corrected chi connectivity index (χ3v) is 11.0. The smallest absolute Gasteiger partial charge is 0.306 e. The van der Waals surface area contributed by atoms with E-state index < -0.39 is 6.10 Å². The number of esters is 3. The molecule has 0 saturated carbocycles. The van der Waals surface area contributed by atoms with Gasteiger partial charge in [0.05, 0.1) is 0 Å². The average molecular weight is 927 g/mol. The van der Waals surface area contributed by atoms with Gasteiger partial charge >= 0.3 is 17.9 Å². The molecule has 1 atom stereocenters. The topological polar surface area (TPSA) is 78.9 Å². The average Bonchev–Trinajstić information content (AvgIpc) is 3.33. The van der Waals surface area contributed by atoms with Crippen molar-refractivity contribution in [1.82, 2.24) is 0 Å². The predicted octanol–water partition coefficient (Wildman–Crippen LogP) is 18.1. The maximum absolute atomic E-state index is 12.6. The van der Waals surface area contributed by atoms with Crippen LogP contribution >= 0.6 is 0 Å².